The molecule has 16 nitrogen and oxygen atoms in total. The first-order chi connectivity index (χ1) is 15.5. The molecule has 0 aromatic heterocycles. The number of ketones is 1. The molecular weight excluding hydrogens is 472 g/mol. The van der Waals surface area contributed by atoms with Crippen LogP contribution in [0.2, 0.25) is 0 Å². The summed E-state index contributed by atoms with van der Waals surface area (Å²) in [6.45, 7) is 1.98. The molecule has 3 unspecified atom stereocenters. The number of aliphatic hydroxyl groups is 6. The first-order valence-corrected chi connectivity index (χ1v) is 9.64. The van der Waals surface area contributed by atoms with Gasteiger partial charge in [0.25, 0.3) is 0 Å². The Morgan fingerprint density at radius 1 is 1.00 bits per heavy atom. The van der Waals surface area contributed by atoms with Crippen LogP contribution >= 0.6 is 0 Å². The van der Waals surface area contributed by atoms with Gasteiger partial charge in [0, 0.05) is 13.8 Å². The predicted octanol–water partition coefficient (Wildman–Crippen LogP) is -4.44. The summed E-state index contributed by atoms with van der Waals surface area (Å²) in [5.74, 6) is -17.5. The van der Waals surface area contributed by atoms with Crippen molar-refractivity contribution in [1.82, 2.24) is 0 Å². The van der Waals surface area contributed by atoms with Gasteiger partial charge in [-0.3, -0.25) is 4.79 Å². The molecule has 34 heavy (non-hydrogen) atoms. The molecule has 0 bridgehead atoms. The van der Waals surface area contributed by atoms with E-state index in [0.717, 1.165) is 20.8 Å². The van der Waals surface area contributed by atoms with Gasteiger partial charge in [-0.25, -0.2) is 29.0 Å². The van der Waals surface area contributed by atoms with E-state index >= 15 is 0 Å². The molecule has 0 spiro atoms. The molecule has 16 heteroatoms. The van der Waals surface area contributed by atoms with Gasteiger partial charge in [0.15, 0.2) is 0 Å². The fourth-order valence-electron chi connectivity index (χ4n) is 2.87. The monoisotopic (exact) mass is 498 g/mol. The summed E-state index contributed by atoms with van der Waals surface area (Å²) >= 11 is 0. The minimum atomic E-state index is -3.61. The average Bonchev–Trinajstić information content (AvgIpc) is 2.76. The topological polar surface area (TPSA) is 253 Å². The lowest BCUT2D eigenvalue weighted by Crippen LogP contribution is -2.72. The highest BCUT2D eigenvalue weighted by Crippen LogP contribution is 2.42. The Morgan fingerprint density at radius 3 is 2.00 bits per heavy atom. The van der Waals surface area contributed by atoms with E-state index in [4.69, 9.17) is 14.2 Å². The highest BCUT2D eigenvalue weighted by Gasteiger charge is 2.68. The summed E-state index contributed by atoms with van der Waals surface area (Å²) in [4.78, 5) is 68.0. The molecule has 0 saturated carbocycles. The van der Waals surface area contributed by atoms with Crippen LogP contribution in [-0.4, -0.2) is 109 Å². The number of carbonyl (C=O) groups is 5. The van der Waals surface area contributed by atoms with Crippen molar-refractivity contribution < 1.29 is 78.6 Å². The van der Waals surface area contributed by atoms with Crippen molar-refractivity contribution in [3.8, 4) is 0 Å². The minimum Gasteiger partial charge on any atom is -0.409 e. The Kier molecular flexibility index (Phi) is 9.59. The smallest absolute Gasteiger partial charge is 0.409 e. The molecule has 0 radical (unpaired) electrons. The van der Waals surface area contributed by atoms with Crippen LogP contribution < -0.4 is 0 Å². The van der Waals surface area contributed by atoms with E-state index in [2.05, 4.69) is 9.78 Å². The summed E-state index contributed by atoms with van der Waals surface area (Å²) in [5.41, 5.74) is 0. The Hall–Kier alpha value is -2.73. The summed E-state index contributed by atoms with van der Waals surface area (Å²) in [7, 11) is 0. The maximum absolute atomic E-state index is 12.9. The van der Waals surface area contributed by atoms with Crippen LogP contribution in [0.25, 0.3) is 0 Å². The number of Topliss-reactive ketones (excluding diaryl/α,β-unsaturated/α-hetero) is 1. The van der Waals surface area contributed by atoms with E-state index in [1.165, 1.54) is 0 Å². The third-order valence-corrected chi connectivity index (χ3v) is 4.83. The van der Waals surface area contributed by atoms with Crippen molar-refractivity contribution in [3.63, 3.8) is 0 Å². The molecule has 0 amide bonds. The quantitative estimate of drug-likeness (QED) is 0.0606. The predicted molar refractivity (Wildman–Crippen MR) is 99.2 cm³/mol. The highest BCUT2D eigenvalue weighted by molar-refractivity contribution is 6.32. The van der Waals surface area contributed by atoms with Crippen LogP contribution in [0.1, 0.15) is 27.7 Å². The second-order valence-corrected chi connectivity index (χ2v) is 7.39. The lowest BCUT2D eigenvalue weighted by Gasteiger charge is -2.50. The Balaban J connectivity index is 3.74. The lowest BCUT2D eigenvalue weighted by molar-refractivity contribution is -0.396. The van der Waals surface area contributed by atoms with Crippen molar-refractivity contribution in [2.24, 2.45) is 5.92 Å². The van der Waals surface area contributed by atoms with Gasteiger partial charge in [0.2, 0.25) is 11.6 Å². The fraction of sp³-hybridized carbons (Fsp3) is 0.722. The van der Waals surface area contributed by atoms with Crippen LogP contribution in [0.5, 0.6) is 0 Å². The van der Waals surface area contributed by atoms with E-state index in [1.807, 2.05) is 0 Å². The van der Waals surface area contributed by atoms with E-state index in [1.54, 1.807) is 0 Å². The van der Waals surface area contributed by atoms with Gasteiger partial charge in [-0.2, -0.15) is 0 Å². The van der Waals surface area contributed by atoms with Crippen LogP contribution in [0, 0.1) is 5.92 Å². The van der Waals surface area contributed by atoms with Gasteiger partial charge in [-0.1, -0.05) is 0 Å². The molecule has 1 rings (SSSR count). The van der Waals surface area contributed by atoms with Crippen molar-refractivity contribution in [2.45, 2.75) is 69.8 Å². The Labute approximate surface area is 191 Å². The third-order valence-electron chi connectivity index (χ3n) is 4.83. The molecule has 0 aliphatic carbocycles. The largest absolute Gasteiger partial charge is 0.440 e. The normalized spacial score (nSPS) is 30.2. The second-order valence-electron chi connectivity index (χ2n) is 7.39. The van der Waals surface area contributed by atoms with Crippen LogP contribution in [0.3, 0.4) is 0 Å². The number of hydrogen-bond acceptors (Lipinski definition) is 16. The van der Waals surface area contributed by atoms with Crippen LogP contribution in [0.15, 0.2) is 0 Å². The maximum atomic E-state index is 12.9. The van der Waals surface area contributed by atoms with Crippen molar-refractivity contribution in [2.75, 3.05) is 6.61 Å². The van der Waals surface area contributed by atoms with Gasteiger partial charge in [0.05, 0.1) is 6.61 Å². The van der Waals surface area contributed by atoms with Gasteiger partial charge in [-0.05, 0) is 13.8 Å². The molecule has 1 aliphatic heterocycles. The highest BCUT2D eigenvalue weighted by atomic mass is 17.2. The molecule has 6 N–H and O–H groups in total. The zero-order valence-electron chi connectivity index (χ0n) is 18.4. The number of aliphatic hydroxyl groups excluding tert-OH is 5. The number of esters is 2. The number of ether oxygens (including phenoxy) is 3. The van der Waals surface area contributed by atoms with Crippen molar-refractivity contribution in [3.05, 3.63) is 0 Å². The molecule has 1 aliphatic rings. The van der Waals surface area contributed by atoms with E-state index in [-0.39, 0.29) is 0 Å². The zero-order chi connectivity index (χ0) is 26.6. The van der Waals surface area contributed by atoms with Crippen LogP contribution in [0.4, 0.5) is 0 Å². The lowest BCUT2D eigenvalue weighted by atomic mass is 9.81. The number of carbonyl (C=O) groups excluding carboxylic acids is 5. The Morgan fingerprint density at radius 2 is 1.56 bits per heavy atom. The molecule has 8 atom stereocenters. The summed E-state index contributed by atoms with van der Waals surface area (Å²) in [6.07, 6.45) is -10.5. The molecule has 0 aromatic rings. The third kappa shape index (κ3) is 5.84. The summed E-state index contributed by atoms with van der Waals surface area (Å²) in [6, 6.07) is 0. The first kappa shape index (κ1) is 29.3. The standard InChI is InChI=1S/C18H26O16/c1-6(20)14(26)31-18(32-15(27)7(2)21,16(28)34-33-9(4)22)8(3)17(29)13(25)12(24)11(23)10(5-19)30-17/h6,8,10-13,19-20,23-25,29H,5H2,1-4H3/t6?,8?,10-,11-,12+,13-,17+,18?/m1/s1. The summed E-state index contributed by atoms with van der Waals surface area (Å²) in [5, 5.41) is 60.4. The Bertz CT molecular complexity index is 808. The molecule has 1 heterocycles. The molecule has 0 aromatic carbocycles. The number of hydrogen-bond donors (Lipinski definition) is 6. The van der Waals surface area contributed by atoms with Crippen LogP contribution in [-0.2, 0) is 48.0 Å². The van der Waals surface area contributed by atoms with Crippen molar-refractivity contribution in [1.29, 1.82) is 0 Å². The second kappa shape index (κ2) is 11.1. The fourth-order valence-corrected chi connectivity index (χ4v) is 2.87. The molecule has 194 valence electrons. The van der Waals surface area contributed by atoms with E-state index in [0.29, 0.717) is 6.92 Å². The molecular formula is C18H26O16. The SMILES string of the molecule is CC(=O)OOC(=O)C(OC(=O)C(C)=O)(OC(=O)C(C)O)C(C)[C@]1(O)O[C@H](CO)[C@@H](O)[C@H](O)[C@H]1O. The van der Waals surface area contributed by atoms with Gasteiger partial charge < -0.3 is 44.8 Å². The van der Waals surface area contributed by atoms with E-state index in [9.17, 15) is 54.6 Å². The summed E-state index contributed by atoms with van der Waals surface area (Å²) < 4.78 is 14.5. The maximum Gasteiger partial charge on any atom is 0.440 e. The van der Waals surface area contributed by atoms with Crippen molar-refractivity contribution >= 4 is 29.7 Å². The molecule has 1 saturated heterocycles. The average molecular weight is 498 g/mol. The molecule has 1 fully saturated rings. The van der Waals surface area contributed by atoms with Gasteiger partial charge in [0.1, 0.15) is 36.4 Å². The van der Waals surface area contributed by atoms with E-state index < -0.39 is 84.3 Å². The first-order valence-electron chi connectivity index (χ1n) is 9.64. The number of rotatable bonds is 8. The van der Waals surface area contributed by atoms with Gasteiger partial charge in [-0.15, -0.1) is 0 Å². The zero-order valence-corrected chi connectivity index (χ0v) is 18.4. The minimum absolute atomic E-state index is 0.675. The van der Waals surface area contributed by atoms with Gasteiger partial charge >= 0.3 is 29.7 Å².